The molecule has 1 aliphatic heterocycles. The zero-order valence-electron chi connectivity index (χ0n) is 16.6. The van der Waals surface area contributed by atoms with E-state index in [0.29, 0.717) is 36.8 Å². The first-order valence-corrected chi connectivity index (χ1v) is 9.54. The summed E-state index contributed by atoms with van der Waals surface area (Å²) in [5.41, 5.74) is 6.01. The smallest absolute Gasteiger partial charge is 0.317 e. The van der Waals surface area contributed by atoms with Gasteiger partial charge in [-0.05, 0) is 23.8 Å². The fourth-order valence-corrected chi connectivity index (χ4v) is 2.79. The molecule has 2 aromatic rings. The molecule has 3 N–H and O–H groups in total. The zero-order chi connectivity index (χ0) is 21.3. The third kappa shape index (κ3) is 5.87. The van der Waals surface area contributed by atoms with Crippen LogP contribution in [0.5, 0.6) is 11.5 Å². The number of hydrazine groups is 1. The summed E-state index contributed by atoms with van der Waals surface area (Å²) in [5.74, 6) is 0.163. The number of amides is 4. The number of hydrogen-bond donors (Lipinski definition) is 3. The summed E-state index contributed by atoms with van der Waals surface area (Å²) < 4.78 is 10.8. The van der Waals surface area contributed by atoms with Gasteiger partial charge in [-0.25, -0.2) is 4.79 Å². The van der Waals surface area contributed by atoms with E-state index in [1.807, 2.05) is 30.3 Å². The van der Waals surface area contributed by atoms with Crippen molar-refractivity contribution in [1.29, 1.82) is 0 Å². The number of nitrogens with one attached hydrogen (secondary N) is 3. The Bertz CT molecular complexity index is 904. The van der Waals surface area contributed by atoms with Crippen molar-refractivity contribution in [3.8, 4) is 11.5 Å². The summed E-state index contributed by atoms with van der Waals surface area (Å²) in [6.07, 6.45) is 0.0202. The lowest BCUT2D eigenvalue weighted by molar-refractivity contribution is -0.121. The molecule has 0 saturated heterocycles. The van der Waals surface area contributed by atoms with E-state index in [0.717, 1.165) is 5.56 Å². The molecule has 0 fully saturated rings. The summed E-state index contributed by atoms with van der Waals surface area (Å²) in [6, 6.07) is 14.1. The van der Waals surface area contributed by atoms with Crippen LogP contribution in [0.3, 0.4) is 0 Å². The van der Waals surface area contributed by atoms with Gasteiger partial charge < -0.3 is 19.7 Å². The maximum atomic E-state index is 12.2. The second kappa shape index (κ2) is 10.1. The van der Waals surface area contributed by atoms with Crippen molar-refractivity contribution in [3.63, 3.8) is 0 Å². The van der Waals surface area contributed by atoms with Crippen molar-refractivity contribution in [2.24, 2.45) is 0 Å². The van der Waals surface area contributed by atoms with Crippen molar-refractivity contribution in [2.75, 3.05) is 26.8 Å². The van der Waals surface area contributed by atoms with E-state index in [2.05, 4.69) is 16.2 Å². The molecule has 0 unspecified atom stereocenters. The van der Waals surface area contributed by atoms with Gasteiger partial charge in [0.1, 0.15) is 13.2 Å². The Morgan fingerprint density at radius 3 is 2.47 bits per heavy atom. The zero-order valence-corrected chi connectivity index (χ0v) is 16.6. The summed E-state index contributed by atoms with van der Waals surface area (Å²) in [4.78, 5) is 37.7. The standard InChI is InChI=1S/C21H24N4O5/c1-25(14-15-5-3-2-4-6-15)21(28)22-10-9-19(26)23-24-20(27)16-7-8-17-18(13-16)30-12-11-29-17/h2-8,13H,9-12,14H2,1H3,(H,22,28)(H,23,26)(H,24,27). The van der Waals surface area contributed by atoms with Crippen LogP contribution in [0.4, 0.5) is 4.79 Å². The minimum Gasteiger partial charge on any atom is -0.486 e. The SMILES string of the molecule is CN(Cc1ccccc1)C(=O)NCCC(=O)NNC(=O)c1ccc2c(c1)OCCO2. The van der Waals surface area contributed by atoms with Crippen LogP contribution in [-0.2, 0) is 11.3 Å². The number of urea groups is 1. The van der Waals surface area contributed by atoms with Crippen molar-refractivity contribution in [2.45, 2.75) is 13.0 Å². The van der Waals surface area contributed by atoms with Gasteiger partial charge in [-0.15, -0.1) is 0 Å². The van der Waals surface area contributed by atoms with Crippen molar-refractivity contribution < 1.29 is 23.9 Å². The van der Waals surface area contributed by atoms with Gasteiger partial charge in [-0.3, -0.25) is 20.4 Å². The summed E-state index contributed by atoms with van der Waals surface area (Å²) in [7, 11) is 1.68. The summed E-state index contributed by atoms with van der Waals surface area (Å²) in [6.45, 7) is 1.49. The van der Waals surface area contributed by atoms with Crippen LogP contribution in [0, 0.1) is 0 Å². The highest BCUT2D eigenvalue weighted by atomic mass is 16.6. The van der Waals surface area contributed by atoms with Crippen LogP contribution in [0.15, 0.2) is 48.5 Å². The van der Waals surface area contributed by atoms with E-state index in [1.54, 1.807) is 25.2 Å². The molecule has 9 heteroatoms. The molecule has 0 aliphatic carbocycles. The Balaban J connectivity index is 1.36. The van der Waals surface area contributed by atoms with Crippen LogP contribution in [0.25, 0.3) is 0 Å². The molecule has 0 radical (unpaired) electrons. The van der Waals surface area contributed by atoms with Crippen LogP contribution >= 0.6 is 0 Å². The first-order chi connectivity index (χ1) is 14.5. The van der Waals surface area contributed by atoms with Gasteiger partial charge in [0, 0.05) is 32.1 Å². The molecule has 0 bridgehead atoms. The van der Waals surface area contributed by atoms with Crippen LogP contribution in [0.2, 0.25) is 0 Å². The van der Waals surface area contributed by atoms with E-state index < -0.39 is 11.8 Å². The molecule has 0 aromatic heterocycles. The third-order valence-corrected chi connectivity index (χ3v) is 4.36. The number of hydrogen-bond acceptors (Lipinski definition) is 5. The largest absolute Gasteiger partial charge is 0.486 e. The second-order valence-electron chi connectivity index (χ2n) is 6.68. The Morgan fingerprint density at radius 2 is 1.70 bits per heavy atom. The Kier molecular flexibility index (Phi) is 7.09. The highest BCUT2D eigenvalue weighted by Crippen LogP contribution is 2.30. The van der Waals surface area contributed by atoms with Gasteiger partial charge in [-0.2, -0.15) is 0 Å². The number of carbonyl (C=O) groups is 3. The van der Waals surface area contributed by atoms with Gasteiger partial charge in [-0.1, -0.05) is 30.3 Å². The molecule has 0 saturated carbocycles. The maximum Gasteiger partial charge on any atom is 0.317 e. The molecule has 4 amide bonds. The number of nitrogens with zero attached hydrogens (tertiary/aromatic N) is 1. The first kappa shape index (κ1) is 21.0. The minimum atomic E-state index is -0.480. The number of ether oxygens (including phenoxy) is 2. The molecule has 1 heterocycles. The number of carbonyl (C=O) groups excluding carboxylic acids is 3. The average Bonchev–Trinajstić information content (AvgIpc) is 2.77. The topological polar surface area (TPSA) is 109 Å². The monoisotopic (exact) mass is 412 g/mol. The van der Waals surface area contributed by atoms with E-state index >= 15 is 0 Å². The lowest BCUT2D eigenvalue weighted by atomic mass is 10.2. The summed E-state index contributed by atoms with van der Waals surface area (Å²) >= 11 is 0. The third-order valence-electron chi connectivity index (χ3n) is 4.36. The first-order valence-electron chi connectivity index (χ1n) is 9.54. The minimum absolute atomic E-state index is 0.0202. The summed E-state index contributed by atoms with van der Waals surface area (Å²) in [5, 5.41) is 2.67. The van der Waals surface area contributed by atoms with E-state index in [1.165, 1.54) is 4.90 Å². The Labute approximate surface area is 174 Å². The van der Waals surface area contributed by atoms with E-state index in [9.17, 15) is 14.4 Å². The molecule has 30 heavy (non-hydrogen) atoms. The second-order valence-corrected chi connectivity index (χ2v) is 6.68. The fourth-order valence-electron chi connectivity index (χ4n) is 2.79. The van der Waals surface area contributed by atoms with Gasteiger partial charge in [0.2, 0.25) is 5.91 Å². The molecule has 158 valence electrons. The number of rotatable bonds is 6. The van der Waals surface area contributed by atoms with Crippen molar-refractivity contribution >= 4 is 17.8 Å². The highest BCUT2D eigenvalue weighted by molar-refractivity contribution is 5.96. The van der Waals surface area contributed by atoms with Gasteiger partial charge in [0.05, 0.1) is 0 Å². The molecule has 0 spiro atoms. The van der Waals surface area contributed by atoms with Crippen molar-refractivity contribution in [1.82, 2.24) is 21.1 Å². The predicted molar refractivity (Wildman–Crippen MR) is 109 cm³/mol. The molecular weight excluding hydrogens is 388 g/mol. The lowest BCUT2D eigenvalue weighted by Crippen LogP contribution is -2.43. The van der Waals surface area contributed by atoms with Crippen molar-refractivity contribution in [3.05, 3.63) is 59.7 Å². The normalized spacial score (nSPS) is 11.9. The lowest BCUT2D eigenvalue weighted by Gasteiger charge is -2.19. The molecule has 1 aliphatic rings. The Hall–Kier alpha value is -3.75. The van der Waals surface area contributed by atoms with Gasteiger partial charge in [0.25, 0.3) is 5.91 Å². The van der Waals surface area contributed by atoms with Crippen LogP contribution in [-0.4, -0.2) is 49.6 Å². The number of fused-ring (bicyclic) bond motifs is 1. The molecule has 3 rings (SSSR count). The average molecular weight is 412 g/mol. The molecule has 9 nitrogen and oxygen atoms in total. The van der Waals surface area contributed by atoms with E-state index in [-0.39, 0.29) is 19.0 Å². The predicted octanol–water partition coefficient (Wildman–Crippen LogP) is 1.45. The maximum absolute atomic E-state index is 12.2. The Morgan fingerprint density at radius 1 is 0.967 bits per heavy atom. The van der Waals surface area contributed by atoms with Crippen LogP contribution < -0.4 is 25.6 Å². The number of benzene rings is 2. The quantitative estimate of drug-likeness (QED) is 0.623. The molecule has 2 aromatic carbocycles. The van der Waals surface area contributed by atoms with E-state index in [4.69, 9.17) is 9.47 Å². The van der Waals surface area contributed by atoms with Gasteiger partial charge >= 0.3 is 6.03 Å². The molecule has 0 atom stereocenters. The highest BCUT2D eigenvalue weighted by Gasteiger charge is 2.15. The molecular formula is C21H24N4O5. The van der Waals surface area contributed by atoms with Gasteiger partial charge in [0.15, 0.2) is 11.5 Å². The fraction of sp³-hybridized carbons (Fsp3) is 0.286. The van der Waals surface area contributed by atoms with Crippen LogP contribution in [0.1, 0.15) is 22.3 Å².